The summed E-state index contributed by atoms with van der Waals surface area (Å²) in [4.78, 5) is 1.08. The van der Waals surface area contributed by atoms with Crippen molar-refractivity contribution in [2.24, 2.45) is 0 Å². The smallest absolute Gasteiger partial charge is 0.0649 e. The Kier molecular flexibility index (Phi) is 5.76. The summed E-state index contributed by atoms with van der Waals surface area (Å²) in [5.74, 6) is 0. The van der Waals surface area contributed by atoms with Crippen LogP contribution in [0.1, 0.15) is 5.56 Å². The number of thiocarbonyl (C=S) groups is 1. The minimum absolute atomic E-state index is 0.0749. The fraction of sp³-hybridized carbons (Fsp3) is 0.533. The van der Waals surface area contributed by atoms with Crippen LogP contribution in [-0.4, -0.2) is 25.0 Å². The fourth-order valence-corrected chi connectivity index (χ4v) is 16.0. The molecule has 1 aromatic rings. The number of rotatable bonds is 5. The summed E-state index contributed by atoms with van der Waals surface area (Å²) in [5, 5.41) is 0.802. The quantitative estimate of drug-likeness (QED) is 0.400. The van der Waals surface area contributed by atoms with Gasteiger partial charge in [-0.2, -0.15) is 12.6 Å². The van der Waals surface area contributed by atoms with E-state index >= 15 is 0 Å². The van der Waals surface area contributed by atoms with Gasteiger partial charge in [0, 0.05) is 20.3 Å². The molecule has 112 valence electrons. The maximum absolute atomic E-state index is 6.29. The maximum Gasteiger partial charge on any atom is 0.0649 e. The van der Waals surface area contributed by atoms with E-state index < -0.39 is 16.1 Å². The van der Waals surface area contributed by atoms with Crippen LogP contribution >= 0.6 is 36.4 Å². The summed E-state index contributed by atoms with van der Waals surface area (Å²) < 4.78 is -0.0749. The van der Waals surface area contributed by atoms with Crippen LogP contribution in [0.5, 0.6) is 0 Å². The Bertz CT molecular complexity index is 487. The zero-order chi connectivity index (χ0) is 15.8. The van der Waals surface area contributed by atoms with E-state index in [2.05, 4.69) is 45.3 Å². The van der Waals surface area contributed by atoms with E-state index in [0.717, 1.165) is 21.9 Å². The van der Waals surface area contributed by atoms with Crippen LogP contribution < -0.4 is 0 Å². The van der Waals surface area contributed by atoms with Crippen LogP contribution in [0.2, 0.25) is 44.3 Å². The number of halogens is 1. The predicted octanol–water partition coefficient (Wildman–Crippen LogP) is 5.68. The van der Waals surface area contributed by atoms with Crippen LogP contribution in [0.4, 0.5) is 0 Å². The van der Waals surface area contributed by atoms with E-state index in [1.807, 2.05) is 18.2 Å². The van der Waals surface area contributed by atoms with Gasteiger partial charge in [0.05, 0.1) is 16.1 Å². The first kappa shape index (κ1) is 18.4. The predicted molar refractivity (Wildman–Crippen MR) is 106 cm³/mol. The third kappa shape index (κ3) is 3.58. The Hall–Kier alpha value is 0.384. The van der Waals surface area contributed by atoms with Gasteiger partial charge in [0.15, 0.2) is 0 Å². The van der Waals surface area contributed by atoms with Crippen molar-refractivity contribution in [3.05, 3.63) is 34.9 Å². The average molecular weight is 361 g/mol. The monoisotopic (exact) mass is 360 g/mol. The van der Waals surface area contributed by atoms with Gasteiger partial charge < -0.3 is 0 Å². The molecule has 0 aliphatic carbocycles. The summed E-state index contributed by atoms with van der Waals surface area (Å²) in [6.45, 7) is 14.2. The minimum atomic E-state index is -1.54. The first-order valence-electron chi connectivity index (χ1n) is 6.90. The van der Waals surface area contributed by atoms with Gasteiger partial charge in [0.2, 0.25) is 0 Å². The van der Waals surface area contributed by atoms with E-state index in [1.165, 1.54) is 0 Å². The van der Waals surface area contributed by atoms with Gasteiger partial charge in [-0.25, -0.2) is 0 Å². The summed E-state index contributed by atoms with van der Waals surface area (Å²) in [7, 11) is -3.08. The van der Waals surface area contributed by atoms with Gasteiger partial charge in [0.25, 0.3) is 0 Å². The molecular formula is C15H25ClS2Si2. The van der Waals surface area contributed by atoms with Crippen molar-refractivity contribution in [3.63, 3.8) is 0 Å². The highest BCUT2D eigenvalue weighted by Gasteiger charge is 2.52. The van der Waals surface area contributed by atoms with E-state index in [1.54, 1.807) is 0 Å². The van der Waals surface area contributed by atoms with Gasteiger partial charge >= 0.3 is 0 Å². The number of hydrogen-bond acceptors (Lipinski definition) is 2. The van der Waals surface area contributed by atoms with Crippen molar-refractivity contribution < 1.29 is 0 Å². The number of hydrogen-bond donors (Lipinski definition) is 1. The van der Waals surface area contributed by atoms with E-state index in [9.17, 15) is 0 Å². The lowest BCUT2D eigenvalue weighted by Gasteiger charge is -2.49. The Morgan fingerprint density at radius 2 is 1.55 bits per heavy atom. The van der Waals surface area contributed by atoms with Gasteiger partial charge in [-0.05, 0) is 11.6 Å². The van der Waals surface area contributed by atoms with E-state index in [4.69, 9.17) is 36.4 Å². The molecule has 0 saturated heterocycles. The molecule has 0 N–H and O–H groups in total. The summed E-state index contributed by atoms with van der Waals surface area (Å²) in [5.41, 5.74) is 1.12. The first-order chi connectivity index (χ1) is 8.91. The molecule has 0 aliphatic heterocycles. The lowest BCUT2D eigenvalue weighted by Crippen LogP contribution is -2.67. The third-order valence-electron chi connectivity index (χ3n) is 3.88. The lowest BCUT2D eigenvalue weighted by molar-refractivity contribution is 1.24. The molecule has 0 spiro atoms. The Morgan fingerprint density at radius 1 is 1.10 bits per heavy atom. The highest BCUT2D eigenvalue weighted by molar-refractivity contribution is 7.92. The molecule has 0 bridgehead atoms. The van der Waals surface area contributed by atoms with Gasteiger partial charge in [-0.15, -0.1) is 0 Å². The molecule has 0 fully saturated rings. The molecule has 20 heavy (non-hydrogen) atoms. The molecule has 0 nitrogen and oxygen atoms in total. The summed E-state index contributed by atoms with van der Waals surface area (Å²) in [6.07, 6.45) is 0.757. The summed E-state index contributed by atoms with van der Waals surface area (Å²) >= 11 is 17.3. The Labute approximate surface area is 141 Å². The second kappa shape index (κ2) is 6.25. The zero-order valence-electron chi connectivity index (χ0n) is 13.2. The maximum atomic E-state index is 6.29. The molecule has 0 saturated carbocycles. The fourth-order valence-electron chi connectivity index (χ4n) is 2.90. The number of benzene rings is 1. The number of thiol groups is 1. The molecular weight excluding hydrogens is 336 g/mol. The van der Waals surface area contributed by atoms with Crippen molar-refractivity contribution in [1.82, 2.24) is 0 Å². The minimum Gasteiger partial charge on any atom is -0.174 e. The molecule has 1 aromatic carbocycles. The second-order valence-corrected chi connectivity index (χ2v) is 20.8. The molecule has 5 heteroatoms. The van der Waals surface area contributed by atoms with Crippen LogP contribution in [0.25, 0.3) is 0 Å². The molecule has 0 heterocycles. The van der Waals surface area contributed by atoms with Gasteiger partial charge in [-0.3, -0.25) is 0 Å². The largest absolute Gasteiger partial charge is 0.174 e. The van der Waals surface area contributed by atoms with Crippen LogP contribution in [-0.2, 0) is 6.42 Å². The molecule has 0 radical (unpaired) electrons. The molecule has 0 aromatic heterocycles. The van der Waals surface area contributed by atoms with Crippen molar-refractivity contribution in [2.75, 3.05) is 0 Å². The van der Waals surface area contributed by atoms with E-state index in [0.29, 0.717) is 0 Å². The topological polar surface area (TPSA) is 0 Å². The third-order valence-corrected chi connectivity index (χ3v) is 19.0. The van der Waals surface area contributed by atoms with Crippen molar-refractivity contribution in [2.45, 2.75) is 49.7 Å². The summed E-state index contributed by atoms with van der Waals surface area (Å²) in [6, 6.07) is 7.98. The molecule has 0 amide bonds. The van der Waals surface area contributed by atoms with Crippen molar-refractivity contribution in [1.29, 1.82) is 0 Å². The van der Waals surface area contributed by atoms with Gasteiger partial charge in [0.1, 0.15) is 0 Å². The second-order valence-electron chi connectivity index (χ2n) is 7.40. The molecule has 0 aliphatic rings. The van der Waals surface area contributed by atoms with Crippen LogP contribution in [0.15, 0.2) is 24.3 Å². The normalized spacial score (nSPS) is 13.4. The lowest BCUT2D eigenvalue weighted by atomic mass is 10.1. The highest BCUT2D eigenvalue weighted by Crippen LogP contribution is 2.39. The van der Waals surface area contributed by atoms with Crippen molar-refractivity contribution in [3.8, 4) is 0 Å². The first-order valence-corrected chi connectivity index (χ1v) is 15.1. The Morgan fingerprint density at radius 3 is 1.95 bits per heavy atom. The highest BCUT2D eigenvalue weighted by atomic mass is 35.5. The zero-order valence-corrected chi connectivity index (χ0v) is 17.7. The average Bonchev–Trinajstić information content (AvgIpc) is 2.28. The Balaban J connectivity index is 3.19. The molecule has 0 atom stereocenters. The SMILES string of the molecule is C[Si](C)(C)C(S)(C(=S)Cc1ccccc1Cl)[Si](C)(C)C. The standard InChI is InChI=1S/C15H25ClS2Si2/c1-19(2,3)15(18,20(4,5)6)14(17)11-12-9-7-8-10-13(12)16/h7-10,18H,11H2,1-6H3. The molecule has 1 rings (SSSR count). The molecule has 0 unspecified atom stereocenters. The van der Waals surface area contributed by atoms with Crippen LogP contribution in [0, 0.1) is 0 Å². The van der Waals surface area contributed by atoms with E-state index in [-0.39, 0.29) is 3.99 Å². The van der Waals surface area contributed by atoms with Crippen LogP contribution in [0.3, 0.4) is 0 Å². The van der Waals surface area contributed by atoms with Crippen molar-refractivity contribution >= 4 is 57.5 Å². The van der Waals surface area contributed by atoms with Gasteiger partial charge in [-0.1, -0.05) is 81.3 Å².